The predicted octanol–water partition coefficient (Wildman–Crippen LogP) is 1.08. The third kappa shape index (κ3) is 4.63. The van der Waals surface area contributed by atoms with E-state index in [4.69, 9.17) is 5.73 Å². The minimum absolute atomic E-state index is 0.0891. The number of hydrazone groups is 1. The van der Waals surface area contributed by atoms with Crippen LogP contribution in [-0.4, -0.2) is 40.3 Å². The Labute approximate surface area is 126 Å². The lowest BCUT2D eigenvalue weighted by molar-refractivity contribution is -0.384. The number of aliphatic imine (C=N–C) groups is 1. The number of phenols is 1. The fourth-order valence-corrected chi connectivity index (χ4v) is 1.57. The van der Waals surface area contributed by atoms with Gasteiger partial charge in [-0.25, -0.2) is 0 Å². The molecule has 1 aromatic rings. The maximum Gasteiger partial charge on any atom is 0.273 e. The number of rotatable bonds is 7. The number of carbonyl (C=O) groups is 1. The molecule has 0 saturated heterocycles. The Kier molecular flexibility index (Phi) is 6.14. The highest BCUT2D eigenvalue weighted by atomic mass is 16.6. The van der Waals surface area contributed by atoms with Crippen molar-refractivity contribution in [3.05, 3.63) is 28.3 Å². The number of nitrogens with two attached hydrogens (primary N) is 1. The van der Waals surface area contributed by atoms with Crippen LogP contribution >= 0.6 is 0 Å². The number of non-ortho nitro benzene ring substituents is 1. The van der Waals surface area contributed by atoms with E-state index in [2.05, 4.69) is 15.5 Å². The van der Waals surface area contributed by atoms with E-state index in [0.717, 1.165) is 6.07 Å². The third-order valence-electron chi connectivity index (χ3n) is 2.63. The average molecular weight is 307 g/mol. The molecule has 9 nitrogen and oxygen atoms in total. The Bertz CT molecular complexity index is 639. The molecular weight excluding hydrogens is 290 g/mol. The second-order valence-corrected chi connectivity index (χ2v) is 4.34. The minimum atomic E-state index is -0.628. The summed E-state index contributed by atoms with van der Waals surface area (Å²) in [6.45, 7) is 3.66. The molecule has 4 N–H and O–H groups in total. The second-order valence-electron chi connectivity index (χ2n) is 4.34. The molecule has 0 aliphatic rings. The highest BCUT2D eigenvalue weighted by Crippen LogP contribution is 2.27. The molecule has 1 rings (SSSR count). The summed E-state index contributed by atoms with van der Waals surface area (Å²) in [5.41, 5.74) is 8.22. The van der Waals surface area contributed by atoms with Gasteiger partial charge in [0.15, 0.2) is 5.78 Å². The van der Waals surface area contributed by atoms with Gasteiger partial charge < -0.3 is 10.8 Å². The Balaban J connectivity index is 3.01. The lowest BCUT2D eigenvalue weighted by atomic mass is 10.2. The molecule has 0 aromatic heterocycles. The molecule has 0 heterocycles. The van der Waals surface area contributed by atoms with Gasteiger partial charge in [-0.05, 0) is 13.0 Å². The van der Waals surface area contributed by atoms with E-state index in [1.807, 2.05) is 0 Å². The maximum absolute atomic E-state index is 11.6. The molecule has 22 heavy (non-hydrogen) atoms. The standard InChI is InChI=1S/C13H17N5O4/c1-8(15-6-5-14)13(9(2)19)17-16-11-4-3-10(18(21)22)7-12(11)20/h3-4,7,16,20H,5-6,14H2,1-2H3/b15-8?,17-13+. The van der Waals surface area contributed by atoms with Crippen LogP contribution in [0.15, 0.2) is 28.3 Å². The van der Waals surface area contributed by atoms with Gasteiger partial charge in [0.25, 0.3) is 5.69 Å². The van der Waals surface area contributed by atoms with E-state index in [1.54, 1.807) is 6.92 Å². The van der Waals surface area contributed by atoms with Crippen LogP contribution in [0.2, 0.25) is 0 Å². The zero-order chi connectivity index (χ0) is 16.7. The van der Waals surface area contributed by atoms with Gasteiger partial charge >= 0.3 is 0 Å². The van der Waals surface area contributed by atoms with Gasteiger partial charge in [0.2, 0.25) is 0 Å². The van der Waals surface area contributed by atoms with Crippen LogP contribution in [0.3, 0.4) is 0 Å². The van der Waals surface area contributed by atoms with Gasteiger partial charge in [0.1, 0.15) is 11.5 Å². The van der Waals surface area contributed by atoms with E-state index in [1.165, 1.54) is 19.1 Å². The molecule has 0 aliphatic heterocycles. The van der Waals surface area contributed by atoms with Crippen molar-refractivity contribution in [2.75, 3.05) is 18.5 Å². The normalized spacial score (nSPS) is 12.1. The summed E-state index contributed by atoms with van der Waals surface area (Å²) in [4.78, 5) is 25.6. The molecule has 0 spiro atoms. The first-order valence-corrected chi connectivity index (χ1v) is 6.40. The first-order chi connectivity index (χ1) is 10.4. The molecule has 0 atom stereocenters. The van der Waals surface area contributed by atoms with Crippen LogP contribution in [-0.2, 0) is 4.79 Å². The molecule has 0 unspecified atom stereocenters. The number of Topliss-reactive ketones (excluding diaryl/α,β-unsaturated/α-hetero) is 1. The Morgan fingerprint density at radius 2 is 2.14 bits per heavy atom. The smallest absolute Gasteiger partial charge is 0.273 e. The molecule has 1 aromatic carbocycles. The number of hydrogen-bond acceptors (Lipinski definition) is 8. The first kappa shape index (κ1) is 17.2. The van der Waals surface area contributed by atoms with Gasteiger partial charge in [-0.15, -0.1) is 0 Å². The summed E-state index contributed by atoms with van der Waals surface area (Å²) in [7, 11) is 0. The fourth-order valence-electron chi connectivity index (χ4n) is 1.57. The minimum Gasteiger partial charge on any atom is -0.505 e. The number of nitro groups is 1. The van der Waals surface area contributed by atoms with Gasteiger partial charge in [-0.3, -0.25) is 25.3 Å². The number of anilines is 1. The van der Waals surface area contributed by atoms with Crippen LogP contribution in [0.1, 0.15) is 13.8 Å². The van der Waals surface area contributed by atoms with Crippen molar-refractivity contribution in [2.24, 2.45) is 15.8 Å². The predicted molar refractivity (Wildman–Crippen MR) is 83.5 cm³/mol. The van der Waals surface area contributed by atoms with Crippen molar-refractivity contribution in [3.8, 4) is 5.75 Å². The molecule has 0 aliphatic carbocycles. The number of nitrogens with zero attached hydrogens (tertiary/aromatic N) is 3. The van der Waals surface area contributed by atoms with Crippen molar-refractivity contribution in [2.45, 2.75) is 13.8 Å². The van der Waals surface area contributed by atoms with Crippen LogP contribution in [0.4, 0.5) is 11.4 Å². The Morgan fingerprint density at radius 1 is 1.45 bits per heavy atom. The first-order valence-electron chi connectivity index (χ1n) is 6.40. The largest absolute Gasteiger partial charge is 0.505 e. The van der Waals surface area contributed by atoms with E-state index in [0.29, 0.717) is 18.8 Å². The number of hydrogen-bond donors (Lipinski definition) is 3. The Morgan fingerprint density at radius 3 is 2.64 bits per heavy atom. The molecule has 0 bridgehead atoms. The van der Waals surface area contributed by atoms with Crippen molar-refractivity contribution >= 4 is 28.6 Å². The highest BCUT2D eigenvalue weighted by molar-refractivity contribution is 6.66. The van der Waals surface area contributed by atoms with Crippen molar-refractivity contribution in [3.63, 3.8) is 0 Å². The van der Waals surface area contributed by atoms with E-state index < -0.39 is 4.92 Å². The quantitative estimate of drug-likeness (QED) is 0.297. The number of nitrogens with one attached hydrogen (secondary N) is 1. The third-order valence-corrected chi connectivity index (χ3v) is 2.63. The molecule has 0 radical (unpaired) electrons. The monoisotopic (exact) mass is 307 g/mol. The number of aromatic hydroxyl groups is 1. The van der Waals surface area contributed by atoms with Gasteiger partial charge in [-0.2, -0.15) is 5.10 Å². The molecule has 0 saturated carbocycles. The number of carbonyl (C=O) groups excluding carboxylic acids is 1. The summed E-state index contributed by atoms with van der Waals surface area (Å²) in [6.07, 6.45) is 0. The summed E-state index contributed by atoms with van der Waals surface area (Å²) < 4.78 is 0. The molecule has 0 fully saturated rings. The topological polar surface area (TPSA) is 143 Å². The van der Waals surface area contributed by atoms with Crippen LogP contribution in [0, 0.1) is 10.1 Å². The number of ketones is 1. The van der Waals surface area contributed by atoms with Crippen molar-refractivity contribution in [1.82, 2.24) is 0 Å². The zero-order valence-corrected chi connectivity index (χ0v) is 12.2. The molecule has 118 valence electrons. The summed E-state index contributed by atoms with van der Waals surface area (Å²) in [5.74, 6) is -0.662. The van der Waals surface area contributed by atoms with E-state index in [9.17, 15) is 20.0 Å². The van der Waals surface area contributed by atoms with Gasteiger partial charge in [-0.1, -0.05) is 0 Å². The second kappa shape index (κ2) is 7.84. The number of phenolic OH excluding ortho intramolecular Hbond substituents is 1. The average Bonchev–Trinajstić information content (AvgIpc) is 2.46. The Hall–Kier alpha value is -2.81. The fraction of sp³-hybridized carbons (Fsp3) is 0.308. The van der Waals surface area contributed by atoms with Crippen LogP contribution in [0.25, 0.3) is 0 Å². The molecular formula is C13H17N5O4. The zero-order valence-electron chi connectivity index (χ0n) is 12.2. The maximum atomic E-state index is 11.6. The molecule has 0 amide bonds. The molecule has 9 heteroatoms. The van der Waals surface area contributed by atoms with Crippen molar-refractivity contribution < 1.29 is 14.8 Å². The van der Waals surface area contributed by atoms with Crippen LogP contribution < -0.4 is 11.2 Å². The summed E-state index contributed by atoms with van der Waals surface area (Å²) in [6, 6.07) is 3.49. The SMILES string of the molecule is CC(=O)/C(=N/Nc1ccc([N+](=O)[O-])cc1O)C(C)=NCCN. The number of nitro benzene ring substituents is 1. The van der Waals surface area contributed by atoms with E-state index >= 15 is 0 Å². The lowest BCUT2D eigenvalue weighted by Gasteiger charge is -2.06. The van der Waals surface area contributed by atoms with Gasteiger partial charge in [0.05, 0.1) is 28.9 Å². The number of benzene rings is 1. The van der Waals surface area contributed by atoms with Gasteiger partial charge in [0, 0.05) is 19.5 Å². The summed E-state index contributed by atoms with van der Waals surface area (Å²) in [5, 5.41) is 24.2. The highest BCUT2D eigenvalue weighted by Gasteiger charge is 2.12. The van der Waals surface area contributed by atoms with E-state index in [-0.39, 0.29) is 28.6 Å². The van der Waals surface area contributed by atoms with Crippen molar-refractivity contribution in [1.29, 1.82) is 0 Å². The van der Waals surface area contributed by atoms with Crippen LogP contribution in [0.5, 0.6) is 5.75 Å². The lowest BCUT2D eigenvalue weighted by Crippen LogP contribution is -2.22. The summed E-state index contributed by atoms with van der Waals surface area (Å²) >= 11 is 0.